The molecule has 19 heteroatoms. The average Bonchev–Trinajstić information content (AvgIpc) is 3.69. The maximum Gasteiger partial charge on any atom is 0.408 e. The summed E-state index contributed by atoms with van der Waals surface area (Å²) in [4.78, 5) is 43.0. The Bertz CT molecular complexity index is 1610. The van der Waals surface area contributed by atoms with Crippen LogP contribution >= 0.6 is 0 Å². The van der Waals surface area contributed by atoms with E-state index in [1.54, 1.807) is 0 Å². The highest BCUT2D eigenvalue weighted by Gasteiger charge is 2.59. The molecule has 2 aliphatic rings. The monoisotopic (exact) mass is 648 g/mol. The molecule has 3 aromatic heterocycles. The van der Waals surface area contributed by atoms with Crippen LogP contribution in [0.15, 0.2) is 23.1 Å². The predicted molar refractivity (Wildman–Crippen MR) is 137 cm³/mol. The van der Waals surface area contributed by atoms with E-state index < -0.39 is 96.2 Å². The van der Waals surface area contributed by atoms with Crippen LogP contribution in [0.25, 0.3) is 5.65 Å². The van der Waals surface area contributed by atoms with Crippen molar-refractivity contribution in [2.45, 2.75) is 75.6 Å². The Balaban J connectivity index is 1.47. The number of nitrogens with zero attached hydrogens (tertiary/aromatic N) is 5. The van der Waals surface area contributed by atoms with Gasteiger partial charge in [0, 0.05) is 26.8 Å². The highest BCUT2D eigenvalue weighted by Crippen LogP contribution is 2.42. The lowest BCUT2D eigenvalue weighted by Crippen LogP contribution is -2.46. The Kier molecular flexibility index (Phi) is 8.01. The summed E-state index contributed by atoms with van der Waals surface area (Å²) < 4.78 is 102. The lowest BCUT2D eigenvalue weighted by atomic mass is 9.78. The topological polar surface area (TPSA) is 156 Å². The summed E-state index contributed by atoms with van der Waals surface area (Å²) >= 11 is 0. The molecule has 3 atom stereocenters. The quantitative estimate of drug-likeness (QED) is 0.248. The third kappa shape index (κ3) is 6.28. The normalized spacial score (nSPS) is 23.1. The van der Waals surface area contributed by atoms with Crippen LogP contribution in [0, 0.1) is 11.3 Å². The molecule has 2 fully saturated rings. The smallest absolute Gasteiger partial charge is 0.358 e. The van der Waals surface area contributed by atoms with Crippen LogP contribution < -0.4 is 16.0 Å². The highest BCUT2D eigenvalue weighted by molar-refractivity contribution is 6.07. The van der Waals surface area contributed by atoms with E-state index in [1.807, 2.05) is 5.32 Å². The summed E-state index contributed by atoms with van der Waals surface area (Å²) in [5, 5.41) is 17.2. The first-order valence-electron chi connectivity index (χ1n) is 13.8. The molecule has 0 unspecified atom stereocenters. The zero-order valence-electron chi connectivity index (χ0n) is 23.7. The fourth-order valence-electron chi connectivity index (χ4n) is 5.85. The van der Waals surface area contributed by atoms with Gasteiger partial charge in [-0.2, -0.15) is 27.1 Å². The number of rotatable bonds is 8. The van der Waals surface area contributed by atoms with E-state index in [0.29, 0.717) is 6.92 Å². The lowest BCUT2D eigenvalue weighted by Gasteiger charge is -2.33. The number of aromatic nitrogens is 5. The van der Waals surface area contributed by atoms with E-state index in [1.165, 1.54) is 30.0 Å². The number of carbonyl (C=O) groups excluding carboxylic acids is 3. The summed E-state index contributed by atoms with van der Waals surface area (Å²) in [6.07, 6.45) is -4.60. The molecule has 5 rings (SSSR count). The minimum atomic E-state index is -4.79. The van der Waals surface area contributed by atoms with Gasteiger partial charge in [-0.3, -0.25) is 14.4 Å². The molecule has 1 saturated carbocycles. The zero-order valence-corrected chi connectivity index (χ0v) is 23.7. The zero-order chi connectivity index (χ0) is 32.9. The number of fused-ring (bicyclic) bond motifs is 1. The van der Waals surface area contributed by atoms with Gasteiger partial charge < -0.3 is 16.0 Å². The molecule has 1 aliphatic carbocycles. The Morgan fingerprint density at radius 1 is 1.18 bits per heavy atom. The van der Waals surface area contributed by atoms with Gasteiger partial charge in [-0.25, -0.2) is 22.9 Å². The second kappa shape index (κ2) is 11.2. The number of carbonyl (C=O) groups is 3. The first-order chi connectivity index (χ1) is 20.9. The van der Waals surface area contributed by atoms with Gasteiger partial charge in [0.25, 0.3) is 11.8 Å². The second-order valence-corrected chi connectivity index (χ2v) is 11.4. The van der Waals surface area contributed by atoms with Crippen LogP contribution in [0.1, 0.15) is 72.5 Å². The molecule has 1 aliphatic heterocycles. The van der Waals surface area contributed by atoms with Crippen molar-refractivity contribution in [3.8, 4) is 0 Å². The molecular formula is C26H27F7N8O4. The summed E-state index contributed by atoms with van der Waals surface area (Å²) in [7, 11) is 1.19. The van der Waals surface area contributed by atoms with Crippen LogP contribution in [0.2, 0.25) is 0 Å². The van der Waals surface area contributed by atoms with E-state index in [-0.39, 0.29) is 29.7 Å². The van der Waals surface area contributed by atoms with Crippen molar-refractivity contribution in [2.75, 3.05) is 7.05 Å². The minimum Gasteiger partial charge on any atom is -0.358 e. The third-order valence-corrected chi connectivity index (χ3v) is 8.21. The molecule has 1 saturated heterocycles. The van der Waals surface area contributed by atoms with E-state index in [2.05, 4.69) is 35.7 Å². The molecule has 0 radical (unpaired) electrons. The third-order valence-electron chi connectivity index (χ3n) is 8.21. The van der Waals surface area contributed by atoms with Gasteiger partial charge in [-0.1, -0.05) is 0 Å². The van der Waals surface area contributed by atoms with E-state index in [4.69, 9.17) is 0 Å². The first kappa shape index (κ1) is 32.1. The molecule has 12 nitrogen and oxygen atoms in total. The van der Waals surface area contributed by atoms with Gasteiger partial charge in [-0.05, 0) is 53.5 Å². The van der Waals surface area contributed by atoms with Gasteiger partial charge in [0.05, 0.1) is 24.1 Å². The van der Waals surface area contributed by atoms with Gasteiger partial charge in [0.15, 0.2) is 11.3 Å². The van der Waals surface area contributed by atoms with Crippen molar-refractivity contribution in [3.05, 3.63) is 41.1 Å². The molecule has 0 bridgehead atoms. The number of amides is 3. The van der Waals surface area contributed by atoms with E-state index in [0.717, 1.165) is 0 Å². The average molecular weight is 649 g/mol. The van der Waals surface area contributed by atoms with Crippen molar-refractivity contribution < 1.29 is 49.7 Å². The Hall–Kier alpha value is -4.32. The van der Waals surface area contributed by atoms with Crippen LogP contribution in [0.4, 0.5) is 30.7 Å². The Morgan fingerprint density at radius 3 is 2.47 bits per heavy atom. The fourth-order valence-corrected chi connectivity index (χ4v) is 5.85. The Morgan fingerprint density at radius 2 is 1.87 bits per heavy atom. The van der Waals surface area contributed by atoms with E-state index in [9.17, 15) is 45.1 Å². The largest absolute Gasteiger partial charge is 0.408 e. The molecule has 3 amide bonds. The first-order valence-corrected chi connectivity index (χ1v) is 13.8. The molecule has 0 spiro atoms. The summed E-state index contributed by atoms with van der Waals surface area (Å²) in [6.45, 7) is 0.488. The highest BCUT2D eigenvalue weighted by atomic mass is 19.4. The van der Waals surface area contributed by atoms with Crippen molar-refractivity contribution in [1.29, 1.82) is 0 Å². The lowest BCUT2D eigenvalue weighted by molar-refractivity contribution is -0.155. The fraction of sp³-hybridized carbons (Fsp3) is 0.577. The molecule has 0 aromatic carbocycles. The molecule has 45 heavy (non-hydrogen) atoms. The number of nitrogens with one attached hydrogen (secondary N) is 3. The number of hydrogen-bond donors (Lipinski definition) is 3. The van der Waals surface area contributed by atoms with Crippen LogP contribution in [-0.4, -0.2) is 67.8 Å². The van der Waals surface area contributed by atoms with Gasteiger partial charge in [0.1, 0.15) is 11.5 Å². The van der Waals surface area contributed by atoms with Crippen LogP contribution in [0.5, 0.6) is 0 Å². The minimum absolute atomic E-state index is 0.0531. The van der Waals surface area contributed by atoms with Crippen molar-refractivity contribution in [2.24, 2.45) is 11.3 Å². The number of halogens is 7. The standard InChI is InChI=1S/C26H27F7N8O4/c1-23(27,28)19-18(39-45-40-19)20(42)38-17(13-3-5-25(29,30)6-4-13)14-11-41-16(36-14)7-12(10-35-41)8-24(21(43)34-2)9-15(26(31,32)33)37-22(24)44/h7,10-11,13,15,17H,3-6,8-9H2,1-2H3,(H,34,43)(H,37,44)(H,38,42)/t15-,17-,24-/m0/s1. The van der Waals surface area contributed by atoms with Gasteiger partial charge in [0.2, 0.25) is 23.4 Å². The second-order valence-electron chi connectivity index (χ2n) is 11.4. The summed E-state index contributed by atoms with van der Waals surface area (Å²) in [5.74, 6) is -10.3. The van der Waals surface area contributed by atoms with Gasteiger partial charge in [-0.15, -0.1) is 0 Å². The van der Waals surface area contributed by atoms with Crippen molar-refractivity contribution in [3.63, 3.8) is 0 Å². The van der Waals surface area contributed by atoms with Crippen LogP contribution in [-0.2, 0) is 21.9 Å². The molecular weight excluding hydrogens is 621 g/mol. The Labute approximate surface area is 249 Å². The maximum atomic E-state index is 14.0. The molecule has 3 aromatic rings. The SMILES string of the molecule is CNC(=O)[C@]1(Cc2cnn3cc([C@@H](NC(=O)c4nonc4C(C)(F)F)C4CCC(F)(F)CC4)nc3c2)C[C@@H](C(F)(F)F)NC1=O. The number of imidazole rings is 1. The van der Waals surface area contributed by atoms with Gasteiger partial charge >= 0.3 is 6.18 Å². The number of hydrogen-bond acceptors (Lipinski definition) is 8. The van der Waals surface area contributed by atoms with E-state index >= 15 is 0 Å². The summed E-state index contributed by atoms with van der Waals surface area (Å²) in [5.41, 5.74) is -3.54. The van der Waals surface area contributed by atoms with Crippen LogP contribution in [0.3, 0.4) is 0 Å². The van der Waals surface area contributed by atoms with Crippen molar-refractivity contribution in [1.82, 2.24) is 40.9 Å². The molecule has 244 valence electrons. The van der Waals surface area contributed by atoms with Crippen molar-refractivity contribution >= 4 is 23.4 Å². The maximum absolute atomic E-state index is 14.0. The number of alkyl halides is 7. The molecule has 4 heterocycles. The summed E-state index contributed by atoms with van der Waals surface area (Å²) in [6, 6.07) is -1.95. The predicted octanol–water partition coefficient (Wildman–Crippen LogP) is 3.25. The molecule has 3 N–H and O–H groups in total.